The van der Waals surface area contributed by atoms with E-state index in [2.05, 4.69) is 32.9 Å². The van der Waals surface area contributed by atoms with Gasteiger partial charge in [0, 0.05) is 5.57 Å². The first-order valence-corrected chi connectivity index (χ1v) is 10.5. The molecule has 1 aliphatic heterocycles. The third-order valence-corrected chi connectivity index (χ3v) is 7.34. The number of methoxy groups -OCH3 is 1. The lowest BCUT2D eigenvalue weighted by atomic mass is 9.54. The molecular formula is C24H32O4. The first kappa shape index (κ1) is 19.5. The van der Waals surface area contributed by atoms with Gasteiger partial charge in [0.05, 0.1) is 7.11 Å². The minimum atomic E-state index is -0.881. The predicted molar refractivity (Wildman–Crippen MR) is 109 cm³/mol. The molecular weight excluding hydrogens is 352 g/mol. The molecule has 1 aromatic rings. The molecule has 0 saturated heterocycles. The van der Waals surface area contributed by atoms with E-state index in [9.17, 15) is 9.90 Å². The lowest BCUT2D eigenvalue weighted by molar-refractivity contribution is -0.166. The topological polar surface area (TPSA) is 55.8 Å². The molecule has 0 fully saturated rings. The number of aryl methyl sites for hydroxylation is 1. The van der Waals surface area contributed by atoms with Crippen molar-refractivity contribution in [2.45, 2.75) is 83.3 Å². The maximum absolute atomic E-state index is 12.6. The summed E-state index contributed by atoms with van der Waals surface area (Å²) in [6.45, 7) is 10.3. The van der Waals surface area contributed by atoms with E-state index in [0.29, 0.717) is 17.9 Å². The van der Waals surface area contributed by atoms with Crippen LogP contribution in [0.2, 0.25) is 0 Å². The van der Waals surface area contributed by atoms with Crippen LogP contribution in [0.5, 0.6) is 5.75 Å². The van der Waals surface area contributed by atoms with Gasteiger partial charge in [0.1, 0.15) is 17.5 Å². The summed E-state index contributed by atoms with van der Waals surface area (Å²) in [5.41, 5.74) is 4.61. The van der Waals surface area contributed by atoms with Crippen LogP contribution in [0.1, 0.15) is 76.5 Å². The Kier molecular flexibility index (Phi) is 4.42. The van der Waals surface area contributed by atoms with Crippen molar-refractivity contribution in [1.29, 1.82) is 0 Å². The number of carbonyl (C=O) groups excluding carboxylic acids is 1. The second kappa shape index (κ2) is 6.35. The SMILES string of the molecule is COc1cc2c(cc1C(C)C)CCC1C3=C(CCC21C)C(=O)OC(C)(C)C3O. The Balaban J connectivity index is 1.86. The molecule has 0 aromatic heterocycles. The van der Waals surface area contributed by atoms with Gasteiger partial charge in [0.15, 0.2) is 0 Å². The van der Waals surface area contributed by atoms with E-state index in [1.54, 1.807) is 21.0 Å². The predicted octanol–water partition coefficient (Wildman–Crippen LogP) is 4.43. The van der Waals surface area contributed by atoms with E-state index < -0.39 is 11.7 Å². The average Bonchev–Trinajstić information content (AvgIpc) is 2.63. The fourth-order valence-corrected chi connectivity index (χ4v) is 5.67. The van der Waals surface area contributed by atoms with Crippen LogP contribution in [0.3, 0.4) is 0 Å². The summed E-state index contributed by atoms with van der Waals surface area (Å²) < 4.78 is 11.3. The summed E-state index contributed by atoms with van der Waals surface area (Å²) in [6.07, 6.45) is 2.70. The van der Waals surface area contributed by atoms with Crippen LogP contribution < -0.4 is 4.74 Å². The summed E-state index contributed by atoms with van der Waals surface area (Å²) in [6, 6.07) is 4.54. The van der Waals surface area contributed by atoms with Gasteiger partial charge in [-0.05, 0) is 85.1 Å². The van der Waals surface area contributed by atoms with Crippen molar-refractivity contribution in [3.63, 3.8) is 0 Å². The van der Waals surface area contributed by atoms with Crippen molar-refractivity contribution in [3.8, 4) is 5.75 Å². The number of aliphatic hydroxyl groups is 1. The molecule has 3 unspecified atom stereocenters. The molecule has 4 rings (SSSR count). The quantitative estimate of drug-likeness (QED) is 0.767. The summed E-state index contributed by atoms with van der Waals surface area (Å²) in [5.74, 6) is 1.26. The first-order chi connectivity index (χ1) is 13.1. The Hall–Kier alpha value is -1.81. The van der Waals surface area contributed by atoms with Crippen molar-refractivity contribution in [2.75, 3.05) is 7.11 Å². The van der Waals surface area contributed by atoms with E-state index >= 15 is 0 Å². The molecule has 4 heteroatoms. The zero-order valence-electron chi connectivity index (χ0n) is 17.9. The molecule has 2 aliphatic carbocycles. The van der Waals surface area contributed by atoms with Gasteiger partial charge < -0.3 is 14.6 Å². The normalized spacial score (nSPS) is 31.1. The number of hydrogen-bond acceptors (Lipinski definition) is 4. The lowest BCUT2D eigenvalue weighted by Gasteiger charge is -2.52. The third-order valence-electron chi connectivity index (χ3n) is 7.34. The number of carbonyl (C=O) groups is 1. The molecule has 4 nitrogen and oxygen atoms in total. The Morgan fingerprint density at radius 3 is 2.57 bits per heavy atom. The molecule has 152 valence electrons. The van der Waals surface area contributed by atoms with Crippen LogP contribution >= 0.6 is 0 Å². The number of cyclic esters (lactones) is 1. The number of ether oxygens (including phenoxy) is 2. The maximum Gasteiger partial charge on any atom is 0.334 e. The number of benzene rings is 1. The van der Waals surface area contributed by atoms with Gasteiger partial charge in [-0.25, -0.2) is 4.79 Å². The van der Waals surface area contributed by atoms with E-state index in [4.69, 9.17) is 9.47 Å². The summed E-state index contributed by atoms with van der Waals surface area (Å²) in [7, 11) is 1.74. The lowest BCUT2D eigenvalue weighted by Crippen LogP contribution is -2.54. The Bertz CT molecular complexity index is 864. The molecule has 3 aliphatic rings. The van der Waals surface area contributed by atoms with Crippen molar-refractivity contribution in [1.82, 2.24) is 0 Å². The molecule has 1 heterocycles. The molecule has 0 spiro atoms. The Morgan fingerprint density at radius 1 is 1.21 bits per heavy atom. The van der Waals surface area contributed by atoms with Gasteiger partial charge in [-0.15, -0.1) is 0 Å². The molecule has 3 atom stereocenters. The van der Waals surface area contributed by atoms with Crippen molar-refractivity contribution < 1.29 is 19.4 Å². The van der Waals surface area contributed by atoms with E-state index in [1.165, 1.54) is 16.7 Å². The smallest absolute Gasteiger partial charge is 0.334 e. The summed E-state index contributed by atoms with van der Waals surface area (Å²) in [4.78, 5) is 12.6. The van der Waals surface area contributed by atoms with Gasteiger partial charge in [0.25, 0.3) is 0 Å². The van der Waals surface area contributed by atoms with Crippen molar-refractivity contribution in [2.24, 2.45) is 5.92 Å². The minimum absolute atomic E-state index is 0.107. The van der Waals surface area contributed by atoms with Crippen LogP contribution in [0.4, 0.5) is 0 Å². The summed E-state index contributed by atoms with van der Waals surface area (Å²) >= 11 is 0. The number of rotatable bonds is 2. The van der Waals surface area contributed by atoms with Gasteiger partial charge in [-0.2, -0.15) is 0 Å². The highest BCUT2D eigenvalue weighted by atomic mass is 16.6. The van der Waals surface area contributed by atoms with Gasteiger partial charge in [0.2, 0.25) is 0 Å². The monoisotopic (exact) mass is 384 g/mol. The third kappa shape index (κ3) is 2.64. The fourth-order valence-electron chi connectivity index (χ4n) is 5.67. The van der Waals surface area contributed by atoms with E-state index in [0.717, 1.165) is 30.6 Å². The van der Waals surface area contributed by atoms with Crippen molar-refractivity contribution >= 4 is 5.97 Å². The number of esters is 1. The Labute approximate surface area is 167 Å². The second-order valence-electron chi connectivity index (χ2n) is 9.74. The molecule has 0 bridgehead atoms. The molecule has 1 aromatic carbocycles. The highest BCUT2D eigenvalue weighted by molar-refractivity contribution is 5.91. The molecule has 0 saturated carbocycles. The average molecular weight is 385 g/mol. The van der Waals surface area contributed by atoms with Crippen LogP contribution in [0.15, 0.2) is 23.3 Å². The number of aliphatic hydroxyl groups excluding tert-OH is 1. The number of fused-ring (bicyclic) bond motifs is 4. The zero-order valence-corrected chi connectivity index (χ0v) is 17.9. The van der Waals surface area contributed by atoms with Crippen LogP contribution in [0.25, 0.3) is 0 Å². The van der Waals surface area contributed by atoms with Gasteiger partial charge in [-0.3, -0.25) is 0 Å². The van der Waals surface area contributed by atoms with Crippen LogP contribution in [-0.2, 0) is 21.4 Å². The molecule has 0 amide bonds. The zero-order chi connectivity index (χ0) is 20.4. The molecule has 0 radical (unpaired) electrons. The molecule has 28 heavy (non-hydrogen) atoms. The van der Waals surface area contributed by atoms with E-state index in [1.807, 2.05) is 0 Å². The maximum atomic E-state index is 12.6. The van der Waals surface area contributed by atoms with Crippen molar-refractivity contribution in [3.05, 3.63) is 40.0 Å². The molecule has 1 N–H and O–H groups in total. The minimum Gasteiger partial charge on any atom is -0.496 e. The highest BCUT2D eigenvalue weighted by Crippen LogP contribution is 2.56. The van der Waals surface area contributed by atoms with Gasteiger partial charge in [-0.1, -0.05) is 26.8 Å². The summed E-state index contributed by atoms with van der Waals surface area (Å²) in [5, 5.41) is 11.1. The van der Waals surface area contributed by atoms with E-state index in [-0.39, 0.29) is 17.3 Å². The standard InChI is InChI=1S/C24H32O4/c1-13(2)16-11-14-7-8-17-20-15(22(26)28-23(3,4)21(20)25)9-10-24(17,5)18(14)12-19(16)27-6/h11-13,17,21,25H,7-10H2,1-6H3. The fraction of sp³-hybridized carbons (Fsp3) is 0.625. The van der Waals surface area contributed by atoms with Crippen LogP contribution in [-0.4, -0.2) is 29.9 Å². The Morgan fingerprint density at radius 2 is 1.93 bits per heavy atom. The largest absolute Gasteiger partial charge is 0.496 e. The van der Waals surface area contributed by atoms with Gasteiger partial charge >= 0.3 is 5.97 Å². The second-order valence-corrected chi connectivity index (χ2v) is 9.74. The van der Waals surface area contributed by atoms with Crippen LogP contribution in [0, 0.1) is 5.92 Å². The first-order valence-electron chi connectivity index (χ1n) is 10.5. The highest BCUT2D eigenvalue weighted by Gasteiger charge is 2.53. The number of hydrogen-bond donors (Lipinski definition) is 1.